The normalized spacial score (nSPS) is 16.2. The minimum atomic E-state index is -0.830. The van der Waals surface area contributed by atoms with Gasteiger partial charge in [-0.3, -0.25) is 14.4 Å². The van der Waals surface area contributed by atoms with Crippen LogP contribution in [0.5, 0.6) is 0 Å². The Morgan fingerprint density at radius 1 is 1.21 bits per heavy atom. The van der Waals surface area contributed by atoms with Crippen LogP contribution in [0.2, 0.25) is 0 Å². The zero-order valence-corrected chi connectivity index (χ0v) is 17.1. The molecule has 29 heavy (non-hydrogen) atoms. The number of carbonyl (C=O) groups excluding carboxylic acids is 4. The van der Waals surface area contributed by atoms with Gasteiger partial charge in [-0.25, -0.2) is 9.69 Å². The average Bonchev–Trinajstić information content (AvgIpc) is 3.33. The van der Waals surface area contributed by atoms with Gasteiger partial charge in [0.25, 0.3) is 5.91 Å². The summed E-state index contributed by atoms with van der Waals surface area (Å²) in [5.74, 6) is -1.44. The number of thiophene rings is 1. The maximum absolute atomic E-state index is 13.1. The molecule has 0 saturated carbocycles. The molecule has 1 aliphatic rings. The summed E-state index contributed by atoms with van der Waals surface area (Å²) in [5.41, 5.74) is 0.693. The van der Waals surface area contributed by atoms with E-state index in [2.05, 4.69) is 4.74 Å². The first-order valence-corrected chi connectivity index (χ1v) is 10.2. The van der Waals surface area contributed by atoms with Crippen LogP contribution in [0.1, 0.15) is 41.4 Å². The van der Waals surface area contributed by atoms with Crippen molar-refractivity contribution >= 4 is 40.7 Å². The van der Waals surface area contributed by atoms with Crippen LogP contribution in [0.3, 0.4) is 0 Å². The van der Waals surface area contributed by atoms with Crippen molar-refractivity contribution in [3.05, 3.63) is 52.2 Å². The number of imide groups is 1. The van der Waals surface area contributed by atoms with Crippen molar-refractivity contribution in [3.8, 4) is 0 Å². The van der Waals surface area contributed by atoms with Gasteiger partial charge in [0.1, 0.15) is 6.04 Å². The van der Waals surface area contributed by atoms with Crippen molar-refractivity contribution in [1.29, 1.82) is 0 Å². The summed E-state index contributed by atoms with van der Waals surface area (Å²) in [7, 11) is 1.28. The van der Waals surface area contributed by atoms with Crippen LogP contribution in [-0.2, 0) is 25.7 Å². The standard InChI is InChI=1S/C21H22N2O5S/c1-3-5-18(24)22(13-16-6-4-11-29-16)17-12-19(25)23(20(17)26)15-9-7-14(8-10-15)21(27)28-2/h4,6-11,17H,3,5,12-13H2,1-2H3. The second-order valence-corrected chi connectivity index (χ2v) is 7.71. The van der Waals surface area contributed by atoms with Gasteiger partial charge in [0, 0.05) is 11.3 Å². The van der Waals surface area contributed by atoms with Gasteiger partial charge in [-0.15, -0.1) is 11.3 Å². The van der Waals surface area contributed by atoms with E-state index in [0.29, 0.717) is 30.6 Å². The highest BCUT2D eigenvalue weighted by Crippen LogP contribution is 2.28. The summed E-state index contributed by atoms with van der Waals surface area (Å²) in [6.07, 6.45) is 0.920. The zero-order chi connectivity index (χ0) is 21.0. The van der Waals surface area contributed by atoms with E-state index in [0.717, 1.165) is 9.78 Å². The number of nitrogens with zero attached hydrogens (tertiary/aromatic N) is 2. The Morgan fingerprint density at radius 2 is 1.93 bits per heavy atom. The summed E-state index contributed by atoms with van der Waals surface area (Å²) >= 11 is 1.50. The van der Waals surface area contributed by atoms with E-state index in [1.807, 2.05) is 24.4 Å². The number of anilines is 1. The molecular formula is C21H22N2O5S. The van der Waals surface area contributed by atoms with Crippen molar-refractivity contribution in [3.63, 3.8) is 0 Å². The number of rotatable bonds is 7. The molecule has 8 heteroatoms. The van der Waals surface area contributed by atoms with Gasteiger partial charge in [-0.2, -0.15) is 0 Å². The predicted molar refractivity (Wildman–Crippen MR) is 108 cm³/mol. The summed E-state index contributed by atoms with van der Waals surface area (Å²) < 4.78 is 4.66. The van der Waals surface area contributed by atoms with Gasteiger partial charge < -0.3 is 9.64 Å². The summed E-state index contributed by atoms with van der Waals surface area (Å²) in [6.45, 7) is 2.20. The number of hydrogen-bond donors (Lipinski definition) is 0. The van der Waals surface area contributed by atoms with Crippen LogP contribution >= 0.6 is 11.3 Å². The van der Waals surface area contributed by atoms with Gasteiger partial charge in [-0.05, 0) is 42.1 Å². The fourth-order valence-corrected chi connectivity index (χ4v) is 4.00. The predicted octanol–water partition coefficient (Wildman–Crippen LogP) is 3.00. The van der Waals surface area contributed by atoms with Gasteiger partial charge in [-0.1, -0.05) is 13.0 Å². The molecule has 7 nitrogen and oxygen atoms in total. The van der Waals surface area contributed by atoms with E-state index in [1.54, 1.807) is 0 Å². The van der Waals surface area contributed by atoms with Crippen molar-refractivity contribution < 1.29 is 23.9 Å². The minimum absolute atomic E-state index is 0.0571. The average molecular weight is 414 g/mol. The lowest BCUT2D eigenvalue weighted by Crippen LogP contribution is -2.44. The Balaban J connectivity index is 1.85. The highest BCUT2D eigenvalue weighted by atomic mass is 32.1. The maximum atomic E-state index is 13.1. The first-order chi connectivity index (χ1) is 14.0. The van der Waals surface area contributed by atoms with E-state index in [-0.39, 0.29) is 18.2 Å². The molecular weight excluding hydrogens is 392 g/mol. The number of benzene rings is 1. The lowest BCUT2D eigenvalue weighted by molar-refractivity contribution is -0.139. The lowest BCUT2D eigenvalue weighted by Gasteiger charge is -2.27. The van der Waals surface area contributed by atoms with Crippen molar-refractivity contribution in [1.82, 2.24) is 4.90 Å². The highest BCUT2D eigenvalue weighted by molar-refractivity contribution is 7.09. The lowest BCUT2D eigenvalue weighted by atomic mass is 10.1. The van der Waals surface area contributed by atoms with Crippen LogP contribution in [0.15, 0.2) is 41.8 Å². The summed E-state index contributed by atoms with van der Waals surface area (Å²) in [4.78, 5) is 53.6. The van der Waals surface area contributed by atoms with Gasteiger partial charge in [0.15, 0.2) is 0 Å². The van der Waals surface area contributed by atoms with Crippen LogP contribution in [0, 0.1) is 0 Å². The first kappa shape index (κ1) is 20.7. The van der Waals surface area contributed by atoms with Crippen molar-refractivity contribution in [2.75, 3.05) is 12.0 Å². The number of esters is 1. The Morgan fingerprint density at radius 3 is 2.52 bits per heavy atom. The quantitative estimate of drug-likeness (QED) is 0.514. The highest BCUT2D eigenvalue weighted by Gasteiger charge is 2.44. The molecule has 2 heterocycles. The van der Waals surface area contributed by atoms with Gasteiger partial charge >= 0.3 is 5.97 Å². The molecule has 1 saturated heterocycles. The number of ether oxygens (including phenoxy) is 1. The molecule has 1 aromatic carbocycles. The molecule has 0 spiro atoms. The maximum Gasteiger partial charge on any atom is 0.337 e. The van der Waals surface area contributed by atoms with E-state index in [9.17, 15) is 19.2 Å². The molecule has 1 unspecified atom stereocenters. The molecule has 2 aromatic rings. The smallest absolute Gasteiger partial charge is 0.337 e. The molecule has 152 valence electrons. The molecule has 3 rings (SSSR count). The SMILES string of the molecule is CCCC(=O)N(Cc1cccs1)C1CC(=O)N(c2ccc(C(=O)OC)cc2)C1=O. The van der Waals surface area contributed by atoms with Gasteiger partial charge in [0.05, 0.1) is 31.3 Å². The molecule has 0 N–H and O–H groups in total. The minimum Gasteiger partial charge on any atom is -0.465 e. The molecule has 1 aromatic heterocycles. The Bertz CT molecular complexity index is 908. The summed E-state index contributed by atoms with van der Waals surface area (Å²) in [5, 5.41) is 1.91. The van der Waals surface area contributed by atoms with E-state index in [4.69, 9.17) is 0 Å². The fraction of sp³-hybridized carbons (Fsp3) is 0.333. The molecule has 1 fully saturated rings. The van der Waals surface area contributed by atoms with Crippen LogP contribution in [0.25, 0.3) is 0 Å². The molecule has 1 aliphatic heterocycles. The zero-order valence-electron chi connectivity index (χ0n) is 16.3. The first-order valence-electron chi connectivity index (χ1n) is 9.33. The second-order valence-electron chi connectivity index (χ2n) is 6.68. The molecule has 0 aliphatic carbocycles. The number of carbonyl (C=O) groups is 4. The number of methoxy groups -OCH3 is 1. The topological polar surface area (TPSA) is 84.0 Å². The van der Waals surface area contributed by atoms with Crippen LogP contribution in [0.4, 0.5) is 5.69 Å². The third-order valence-electron chi connectivity index (χ3n) is 4.74. The Hall–Kier alpha value is -3.00. The molecule has 3 amide bonds. The third kappa shape index (κ3) is 4.37. The third-order valence-corrected chi connectivity index (χ3v) is 5.60. The fourth-order valence-electron chi connectivity index (χ4n) is 3.30. The van der Waals surface area contributed by atoms with Crippen LogP contribution in [-0.4, -0.2) is 41.7 Å². The Labute approximate surface area is 172 Å². The second kappa shape index (κ2) is 9.00. The van der Waals surface area contributed by atoms with E-state index < -0.39 is 17.9 Å². The van der Waals surface area contributed by atoms with Gasteiger partial charge in [0.2, 0.25) is 11.8 Å². The van der Waals surface area contributed by atoms with Crippen molar-refractivity contribution in [2.24, 2.45) is 0 Å². The van der Waals surface area contributed by atoms with E-state index >= 15 is 0 Å². The largest absolute Gasteiger partial charge is 0.465 e. The summed E-state index contributed by atoms with van der Waals surface area (Å²) in [6, 6.07) is 9.02. The molecule has 1 atom stereocenters. The van der Waals surface area contributed by atoms with Crippen molar-refractivity contribution in [2.45, 2.75) is 38.8 Å². The number of hydrogen-bond acceptors (Lipinski definition) is 6. The van der Waals surface area contributed by atoms with Crippen LogP contribution < -0.4 is 4.90 Å². The molecule has 0 radical (unpaired) electrons. The Kier molecular flexibility index (Phi) is 6.43. The number of amides is 3. The monoisotopic (exact) mass is 414 g/mol. The molecule has 0 bridgehead atoms. The van der Waals surface area contributed by atoms with E-state index in [1.165, 1.54) is 47.6 Å².